The molecular weight excluding hydrogens is 360 g/mol. The van der Waals surface area contributed by atoms with Gasteiger partial charge in [-0.3, -0.25) is 4.79 Å². The van der Waals surface area contributed by atoms with Crippen molar-refractivity contribution in [1.82, 2.24) is 5.32 Å². The van der Waals surface area contributed by atoms with Gasteiger partial charge in [0.25, 0.3) is 5.91 Å². The van der Waals surface area contributed by atoms with E-state index < -0.39 is 0 Å². The molecule has 1 aliphatic heterocycles. The lowest BCUT2D eigenvalue weighted by molar-refractivity contribution is -0.115. The molecule has 25 heavy (non-hydrogen) atoms. The fraction of sp³-hybridized carbons (Fsp3) is 0.111. The zero-order valence-corrected chi connectivity index (χ0v) is 15.1. The number of benzene rings is 2. The summed E-state index contributed by atoms with van der Waals surface area (Å²) in [6.07, 6.45) is 1.75. The normalized spacial score (nSPS) is 17.0. The third-order valence-electron chi connectivity index (χ3n) is 3.45. The Morgan fingerprint density at radius 3 is 2.68 bits per heavy atom. The number of para-hydroxylation sites is 1. The van der Waals surface area contributed by atoms with Crippen LogP contribution in [0.2, 0.25) is 5.02 Å². The molecule has 0 radical (unpaired) electrons. The molecule has 1 saturated heterocycles. The number of hydrogen-bond donors (Lipinski definition) is 1. The van der Waals surface area contributed by atoms with Gasteiger partial charge in [0, 0.05) is 5.56 Å². The number of carbonyl (C=O) groups is 1. The van der Waals surface area contributed by atoms with Gasteiger partial charge in [-0.25, -0.2) is 4.99 Å². The van der Waals surface area contributed by atoms with Crippen molar-refractivity contribution in [1.29, 1.82) is 0 Å². The first-order valence-electron chi connectivity index (χ1n) is 7.37. The molecule has 0 saturated carbocycles. The molecule has 0 atom stereocenters. The summed E-state index contributed by atoms with van der Waals surface area (Å²) in [5.41, 5.74) is 1.35. The van der Waals surface area contributed by atoms with Crippen LogP contribution in [-0.4, -0.2) is 25.3 Å². The van der Waals surface area contributed by atoms with E-state index in [1.165, 1.54) is 11.8 Å². The topological polar surface area (TPSA) is 59.9 Å². The van der Waals surface area contributed by atoms with Crippen LogP contribution >= 0.6 is 23.4 Å². The summed E-state index contributed by atoms with van der Waals surface area (Å²) in [5.74, 6) is 1.11. The highest BCUT2D eigenvalue weighted by Crippen LogP contribution is 2.33. The van der Waals surface area contributed by atoms with Crippen molar-refractivity contribution in [2.24, 2.45) is 4.99 Å². The van der Waals surface area contributed by atoms with Gasteiger partial charge in [0.05, 0.1) is 29.8 Å². The minimum absolute atomic E-state index is 0.222. The number of methoxy groups -OCH3 is 2. The maximum absolute atomic E-state index is 12.2. The average molecular weight is 375 g/mol. The number of ether oxygens (including phenoxy) is 2. The average Bonchev–Trinajstić information content (AvgIpc) is 2.96. The van der Waals surface area contributed by atoms with Crippen LogP contribution in [0.1, 0.15) is 5.56 Å². The number of carbonyl (C=O) groups excluding carboxylic acids is 1. The van der Waals surface area contributed by atoms with Gasteiger partial charge in [-0.15, -0.1) is 0 Å². The van der Waals surface area contributed by atoms with E-state index in [0.29, 0.717) is 32.3 Å². The Balaban J connectivity index is 1.91. The van der Waals surface area contributed by atoms with Gasteiger partial charge in [0.1, 0.15) is 11.5 Å². The van der Waals surface area contributed by atoms with Crippen molar-refractivity contribution in [3.63, 3.8) is 0 Å². The molecule has 5 nitrogen and oxygen atoms in total. The summed E-state index contributed by atoms with van der Waals surface area (Å²) >= 11 is 7.35. The minimum Gasteiger partial charge on any atom is -0.497 e. The predicted molar refractivity (Wildman–Crippen MR) is 102 cm³/mol. The maximum atomic E-state index is 12.2. The van der Waals surface area contributed by atoms with Crippen molar-refractivity contribution in [3.8, 4) is 11.5 Å². The fourth-order valence-corrected chi connectivity index (χ4v) is 3.23. The summed E-state index contributed by atoms with van der Waals surface area (Å²) in [5, 5.41) is 3.74. The molecule has 0 unspecified atom stereocenters. The van der Waals surface area contributed by atoms with Gasteiger partial charge in [0.15, 0.2) is 5.17 Å². The van der Waals surface area contributed by atoms with Crippen LogP contribution in [0.15, 0.2) is 52.4 Å². The largest absolute Gasteiger partial charge is 0.497 e. The Kier molecular flexibility index (Phi) is 5.31. The van der Waals surface area contributed by atoms with E-state index in [4.69, 9.17) is 21.1 Å². The SMILES string of the molecule is COc1ccc(OC)c(/C=C2\SC(=Nc3ccccc3Cl)NC2=O)c1. The van der Waals surface area contributed by atoms with Crippen LogP contribution < -0.4 is 14.8 Å². The molecule has 1 N–H and O–H groups in total. The van der Waals surface area contributed by atoms with Gasteiger partial charge in [-0.05, 0) is 48.2 Å². The lowest BCUT2D eigenvalue weighted by Gasteiger charge is -2.07. The number of hydrogen-bond acceptors (Lipinski definition) is 5. The lowest BCUT2D eigenvalue weighted by atomic mass is 10.1. The van der Waals surface area contributed by atoms with Crippen molar-refractivity contribution in [2.75, 3.05) is 14.2 Å². The number of thioether (sulfide) groups is 1. The molecule has 0 spiro atoms. The number of rotatable bonds is 4. The number of amides is 1. The van der Waals surface area contributed by atoms with Crippen LogP contribution in [0.3, 0.4) is 0 Å². The minimum atomic E-state index is -0.222. The number of nitrogens with zero attached hydrogens (tertiary/aromatic N) is 1. The van der Waals surface area contributed by atoms with E-state index in [1.54, 1.807) is 44.6 Å². The van der Waals surface area contributed by atoms with Gasteiger partial charge in [-0.2, -0.15) is 0 Å². The van der Waals surface area contributed by atoms with Crippen molar-refractivity contribution in [3.05, 3.63) is 58.0 Å². The molecule has 7 heteroatoms. The standard InChI is InChI=1S/C18H15ClN2O3S/c1-23-12-7-8-15(24-2)11(9-12)10-16-17(22)21-18(25-16)20-14-6-4-3-5-13(14)19/h3-10H,1-2H3,(H,20,21,22)/b16-10-. The Labute approximate surface area is 154 Å². The first-order valence-corrected chi connectivity index (χ1v) is 8.56. The molecular formula is C18H15ClN2O3S. The number of halogens is 1. The van der Waals surface area contributed by atoms with E-state index in [9.17, 15) is 4.79 Å². The Morgan fingerprint density at radius 2 is 1.96 bits per heavy atom. The summed E-state index contributed by atoms with van der Waals surface area (Å²) in [4.78, 5) is 17.1. The number of aliphatic imine (C=N–C) groups is 1. The van der Waals surface area contributed by atoms with E-state index in [-0.39, 0.29) is 5.91 Å². The van der Waals surface area contributed by atoms with Gasteiger partial charge < -0.3 is 14.8 Å². The molecule has 1 aliphatic rings. The van der Waals surface area contributed by atoms with Crippen molar-refractivity contribution >= 4 is 46.2 Å². The second-order valence-corrected chi connectivity index (χ2v) is 6.48. The molecule has 0 aromatic heterocycles. The molecule has 0 aliphatic carbocycles. The van der Waals surface area contributed by atoms with Gasteiger partial charge >= 0.3 is 0 Å². The first-order chi connectivity index (χ1) is 12.1. The molecule has 1 heterocycles. The van der Waals surface area contributed by atoms with Crippen LogP contribution in [0.5, 0.6) is 11.5 Å². The summed E-state index contributed by atoms with van der Waals surface area (Å²) < 4.78 is 10.6. The molecule has 2 aromatic rings. The molecule has 3 rings (SSSR count). The number of nitrogens with one attached hydrogen (secondary N) is 1. The fourth-order valence-electron chi connectivity index (χ4n) is 2.23. The summed E-state index contributed by atoms with van der Waals surface area (Å²) in [7, 11) is 3.17. The first kappa shape index (κ1) is 17.4. The molecule has 1 fully saturated rings. The Hall–Kier alpha value is -2.44. The smallest absolute Gasteiger partial charge is 0.264 e. The van der Waals surface area contributed by atoms with Crippen molar-refractivity contribution in [2.45, 2.75) is 0 Å². The molecule has 1 amide bonds. The van der Waals surface area contributed by atoms with Gasteiger partial charge in [0.2, 0.25) is 0 Å². The van der Waals surface area contributed by atoms with Gasteiger partial charge in [-0.1, -0.05) is 23.7 Å². The van der Waals surface area contributed by atoms with E-state index in [0.717, 1.165) is 5.56 Å². The zero-order valence-electron chi connectivity index (χ0n) is 13.6. The van der Waals surface area contributed by atoms with Crippen LogP contribution in [0.4, 0.5) is 5.69 Å². The highest BCUT2D eigenvalue weighted by atomic mass is 35.5. The molecule has 2 aromatic carbocycles. The lowest BCUT2D eigenvalue weighted by Crippen LogP contribution is -2.19. The summed E-state index contributed by atoms with van der Waals surface area (Å²) in [6.45, 7) is 0. The monoisotopic (exact) mass is 374 g/mol. The third-order valence-corrected chi connectivity index (χ3v) is 4.68. The highest BCUT2D eigenvalue weighted by molar-refractivity contribution is 8.18. The number of amidine groups is 1. The quantitative estimate of drug-likeness (QED) is 0.813. The second-order valence-electron chi connectivity index (χ2n) is 5.04. The third kappa shape index (κ3) is 3.97. The van der Waals surface area contributed by atoms with E-state index in [2.05, 4.69) is 10.3 Å². The highest BCUT2D eigenvalue weighted by Gasteiger charge is 2.24. The van der Waals surface area contributed by atoms with Crippen molar-refractivity contribution < 1.29 is 14.3 Å². The Morgan fingerprint density at radius 1 is 1.16 bits per heavy atom. The predicted octanol–water partition coefficient (Wildman–Crippen LogP) is 4.25. The molecule has 128 valence electrons. The van der Waals surface area contributed by atoms with Crippen LogP contribution in [0, 0.1) is 0 Å². The maximum Gasteiger partial charge on any atom is 0.264 e. The Bertz CT molecular complexity index is 880. The van der Waals surface area contributed by atoms with E-state index >= 15 is 0 Å². The second kappa shape index (κ2) is 7.63. The van der Waals surface area contributed by atoms with Crippen LogP contribution in [0.25, 0.3) is 6.08 Å². The molecule has 0 bridgehead atoms. The summed E-state index contributed by atoms with van der Waals surface area (Å²) in [6, 6.07) is 12.6. The van der Waals surface area contributed by atoms with E-state index in [1.807, 2.05) is 18.2 Å². The van der Waals surface area contributed by atoms with Crippen LogP contribution in [-0.2, 0) is 4.79 Å². The zero-order chi connectivity index (χ0) is 17.8.